The van der Waals surface area contributed by atoms with Gasteiger partial charge in [0.2, 0.25) is 11.8 Å². The smallest absolute Gasteiger partial charge is 0.246 e. The zero-order chi connectivity index (χ0) is 12.0. The quantitative estimate of drug-likeness (QED) is 0.519. The van der Waals surface area contributed by atoms with Gasteiger partial charge in [-0.25, -0.2) is 0 Å². The first-order valence-electron chi connectivity index (χ1n) is 5.86. The minimum absolute atomic E-state index is 0.102. The lowest BCUT2D eigenvalue weighted by Crippen LogP contribution is -2.58. The summed E-state index contributed by atoms with van der Waals surface area (Å²) in [6.07, 6.45) is 1.43. The molecule has 0 aliphatic carbocycles. The molecule has 1 heterocycles. The first-order chi connectivity index (χ1) is 7.70. The number of carbonyl (C=O) groups is 2. The Labute approximate surface area is 96.1 Å². The van der Waals surface area contributed by atoms with E-state index in [-0.39, 0.29) is 24.4 Å². The van der Waals surface area contributed by atoms with Crippen molar-refractivity contribution >= 4 is 11.8 Å². The van der Waals surface area contributed by atoms with Crippen LogP contribution in [0.2, 0.25) is 0 Å². The van der Waals surface area contributed by atoms with Crippen molar-refractivity contribution in [2.24, 2.45) is 0 Å². The average Bonchev–Trinajstić information content (AvgIpc) is 2.28. The molecule has 92 valence electrons. The first kappa shape index (κ1) is 13.1. The van der Waals surface area contributed by atoms with Crippen LogP contribution in [0.4, 0.5) is 0 Å². The maximum Gasteiger partial charge on any atom is 0.246 e. The highest BCUT2D eigenvalue weighted by Gasteiger charge is 2.32. The summed E-state index contributed by atoms with van der Waals surface area (Å²) in [4.78, 5) is 24.7. The summed E-state index contributed by atoms with van der Waals surface area (Å²) in [7, 11) is 0. The Balaban J connectivity index is 2.42. The van der Waals surface area contributed by atoms with Crippen LogP contribution < -0.4 is 5.32 Å². The van der Waals surface area contributed by atoms with E-state index in [2.05, 4.69) is 5.32 Å². The van der Waals surface area contributed by atoms with Gasteiger partial charge in [-0.3, -0.25) is 19.8 Å². The van der Waals surface area contributed by atoms with Gasteiger partial charge >= 0.3 is 0 Å². The van der Waals surface area contributed by atoms with Crippen LogP contribution in [0, 0.1) is 0 Å². The molecule has 1 aliphatic rings. The van der Waals surface area contributed by atoms with E-state index in [4.69, 9.17) is 4.74 Å². The van der Waals surface area contributed by atoms with Crippen molar-refractivity contribution in [3.63, 3.8) is 0 Å². The number of carbonyl (C=O) groups excluding carboxylic acids is 2. The van der Waals surface area contributed by atoms with Crippen molar-refractivity contribution in [2.45, 2.75) is 32.7 Å². The van der Waals surface area contributed by atoms with Crippen molar-refractivity contribution in [3.8, 4) is 0 Å². The Morgan fingerprint density at radius 3 is 2.81 bits per heavy atom. The summed E-state index contributed by atoms with van der Waals surface area (Å²) in [6, 6.07) is -0.204. The van der Waals surface area contributed by atoms with Crippen LogP contribution >= 0.6 is 0 Å². The lowest BCUT2D eigenvalue weighted by Gasteiger charge is -2.31. The van der Waals surface area contributed by atoms with Gasteiger partial charge in [-0.05, 0) is 19.8 Å². The molecule has 0 aromatic rings. The Kier molecular flexibility index (Phi) is 5.42. The number of hydrogen-bond acceptors (Lipinski definition) is 4. The molecule has 5 heteroatoms. The molecule has 1 unspecified atom stereocenters. The van der Waals surface area contributed by atoms with E-state index in [1.54, 1.807) is 0 Å². The minimum Gasteiger partial charge on any atom is -0.382 e. The first-order valence-corrected chi connectivity index (χ1v) is 5.86. The second-order valence-corrected chi connectivity index (χ2v) is 3.78. The zero-order valence-corrected chi connectivity index (χ0v) is 9.99. The molecule has 1 saturated heterocycles. The van der Waals surface area contributed by atoms with Crippen LogP contribution in [0.5, 0.6) is 0 Å². The lowest BCUT2D eigenvalue weighted by molar-refractivity contribution is -0.149. The van der Waals surface area contributed by atoms with Crippen LogP contribution in [0.25, 0.3) is 0 Å². The molecule has 0 spiro atoms. The molecule has 0 aromatic heterocycles. The average molecular weight is 228 g/mol. The molecular weight excluding hydrogens is 208 g/mol. The molecular formula is C11H20N2O3. The third-order valence-electron chi connectivity index (χ3n) is 2.65. The van der Waals surface area contributed by atoms with E-state index in [1.807, 2.05) is 13.8 Å². The fourth-order valence-electron chi connectivity index (χ4n) is 1.73. The maximum absolute atomic E-state index is 11.8. The number of amides is 2. The molecule has 0 aromatic carbocycles. The van der Waals surface area contributed by atoms with Crippen LogP contribution in [-0.2, 0) is 14.3 Å². The zero-order valence-electron chi connectivity index (χ0n) is 9.99. The second-order valence-electron chi connectivity index (χ2n) is 3.78. The summed E-state index contributed by atoms with van der Waals surface area (Å²) < 4.78 is 5.18. The van der Waals surface area contributed by atoms with E-state index in [9.17, 15) is 9.59 Å². The number of nitrogens with one attached hydrogen (secondary N) is 1. The largest absolute Gasteiger partial charge is 0.382 e. The predicted molar refractivity (Wildman–Crippen MR) is 59.9 cm³/mol. The van der Waals surface area contributed by atoms with Crippen molar-refractivity contribution in [1.29, 1.82) is 0 Å². The summed E-state index contributed by atoms with van der Waals surface area (Å²) >= 11 is 0. The number of hydrogen-bond donors (Lipinski definition) is 1. The van der Waals surface area contributed by atoms with Gasteiger partial charge in [0.15, 0.2) is 0 Å². The number of nitrogens with zero attached hydrogens (tertiary/aromatic N) is 1. The summed E-state index contributed by atoms with van der Waals surface area (Å²) in [5.74, 6) is -0.235. The topological polar surface area (TPSA) is 58.6 Å². The van der Waals surface area contributed by atoms with E-state index in [0.717, 1.165) is 0 Å². The molecule has 1 aliphatic heterocycles. The molecule has 1 fully saturated rings. The molecule has 1 atom stereocenters. The summed E-state index contributed by atoms with van der Waals surface area (Å²) in [5.41, 5.74) is 0. The van der Waals surface area contributed by atoms with Crippen LogP contribution in [0.1, 0.15) is 26.7 Å². The molecule has 2 amide bonds. The lowest BCUT2D eigenvalue weighted by atomic mass is 10.1. The van der Waals surface area contributed by atoms with Gasteiger partial charge in [-0.2, -0.15) is 0 Å². The number of imide groups is 1. The van der Waals surface area contributed by atoms with Crippen molar-refractivity contribution < 1.29 is 14.3 Å². The van der Waals surface area contributed by atoms with Crippen LogP contribution in [0.3, 0.4) is 0 Å². The molecule has 1 rings (SSSR count). The van der Waals surface area contributed by atoms with Gasteiger partial charge in [0, 0.05) is 19.8 Å². The number of ether oxygens (including phenoxy) is 1. The van der Waals surface area contributed by atoms with E-state index < -0.39 is 0 Å². The highest BCUT2D eigenvalue weighted by molar-refractivity contribution is 6.01. The molecule has 0 saturated carbocycles. The third kappa shape index (κ3) is 3.28. The van der Waals surface area contributed by atoms with E-state index in [1.165, 1.54) is 4.90 Å². The minimum atomic E-state index is -0.204. The monoisotopic (exact) mass is 228 g/mol. The normalized spacial score (nSPS) is 21.6. The van der Waals surface area contributed by atoms with Crippen molar-refractivity contribution in [3.05, 3.63) is 0 Å². The number of rotatable bonds is 6. The van der Waals surface area contributed by atoms with Gasteiger partial charge in [0.05, 0.1) is 12.6 Å². The number of piperazine rings is 1. The highest BCUT2D eigenvalue weighted by Crippen LogP contribution is 2.06. The SMILES string of the molecule is CCOCCCN1C(=O)CNC(CC)C1=O. The van der Waals surface area contributed by atoms with Crippen LogP contribution in [0.15, 0.2) is 0 Å². The van der Waals surface area contributed by atoms with Gasteiger partial charge in [-0.1, -0.05) is 6.92 Å². The molecule has 16 heavy (non-hydrogen) atoms. The summed E-state index contributed by atoms with van der Waals surface area (Å²) in [5, 5.41) is 2.93. The van der Waals surface area contributed by atoms with E-state index in [0.29, 0.717) is 32.6 Å². The third-order valence-corrected chi connectivity index (χ3v) is 2.65. The Hall–Kier alpha value is -0.940. The second kappa shape index (κ2) is 6.60. The Bertz CT molecular complexity index is 256. The fraction of sp³-hybridized carbons (Fsp3) is 0.818. The Morgan fingerprint density at radius 1 is 1.44 bits per heavy atom. The van der Waals surface area contributed by atoms with Gasteiger partial charge < -0.3 is 4.74 Å². The van der Waals surface area contributed by atoms with Crippen LogP contribution in [-0.4, -0.2) is 49.1 Å². The standard InChI is InChI=1S/C11H20N2O3/c1-3-9-11(15)13(10(14)8-12-9)6-5-7-16-4-2/h9,12H,3-8H2,1-2H3. The highest BCUT2D eigenvalue weighted by atomic mass is 16.5. The van der Waals surface area contributed by atoms with Gasteiger partial charge in [0.25, 0.3) is 0 Å². The van der Waals surface area contributed by atoms with Gasteiger partial charge in [-0.15, -0.1) is 0 Å². The Morgan fingerprint density at radius 2 is 2.19 bits per heavy atom. The molecule has 0 bridgehead atoms. The van der Waals surface area contributed by atoms with E-state index >= 15 is 0 Å². The molecule has 0 radical (unpaired) electrons. The molecule has 1 N–H and O–H groups in total. The van der Waals surface area contributed by atoms with Gasteiger partial charge in [0.1, 0.15) is 0 Å². The maximum atomic E-state index is 11.8. The predicted octanol–water partition coefficient (Wildman–Crippen LogP) is 0.150. The fourth-order valence-corrected chi connectivity index (χ4v) is 1.73. The molecule has 5 nitrogen and oxygen atoms in total. The summed E-state index contributed by atoms with van der Waals surface area (Å²) in [6.45, 7) is 5.85. The van der Waals surface area contributed by atoms with Crippen molar-refractivity contribution in [2.75, 3.05) is 26.3 Å². The van der Waals surface area contributed by atoms with Crippen molar-refractivity contribution in [1.82, 2.24) is 10.2 Å².